The SMILES string of the molecule is c1ccc(-c2nc(-c3cc(-n4c5cc6ccccc6cc5c5c(-c6ccc(-c7nc(-c8ccc9ccccc9c8)nc(-c8cc(-n9c%10ccccc%10c%10cc%11ccccc%11cc%109)c9oc%10ccccc%10c9c8)n7)c7c6oc6ccccc67)cccc54)c4oc5ccccc5c4c3)nc(-c3cccc4oc5ccccc5c34)n2)cc1. The Labute approximate surface area is 647 Å². The number of benzene rings is 17. The molecule has 0 aliphatic rings. The van der Waals surface area contributed by atoms with E-state index in [1.807, 2.05) is 97.1 Å². The lowest BCUT2D eigenvalue weighted by Gasteiger charge is -2.14. The van der Waals surface area contributed by atoms with Crippen molar-refractivity contribution in [3.63, 3.8) is 0 Å². The van der Waals surface area contributed by atoms with Crippen LogP contribution in [0.4, 0.5) is 0 Å². The minimum Gasteiger partial charge on any atom is -0.456 e. The minimum atomic E-state index is 0.484. The Kier molecular flexibility index (Phi) is 13.1. The number of rotatable bonds is 9. The fourth-order valence-corrected chi connectivity index (χ4v) is 18.0. The van der Waals surface area contributed by atoms with Crippen LogP contribution in [-0.4, -0.2) is 39.0 Å². The van der Waals surface area contributed by atoms with Gasteiger partial charge in [0.25, 0.3) is 0 Å². The number of nitrogens with zero attached hydrogens (tertiary/aromatic N) is 8. The highest BCUT2D eigenvalue weighted by molar-refractivity contribution is 6.24. The largest absolute Gasteiger partial charge is 0.456 e. The van der Waals surface area contributed by atoms with Gasteiger partial charge < -0.3 is 26.8 Å². The Bertz CT molecular complexity index is 8470. The molecule has 0 N–H and O–H groups in total. The number of hydrogen-bond donors (Lipinski definition) is 0. The predicted octanol–water partition coefficient (Wildman–Crippen LogP) is 27.0. The molecule has 114 heavy (non-hydrogen) atoms. The van der Waals surface area contributed by atoms with Crippen LogP contribution in [0.2, 0.25) is 0 Å². The molecule has 0 spiro atoms. The van der Waals surface area contributed by atoms with E-state index < -0.39 is 0 Å². The van der Waals surface area contributed by atoms with Gasteiger partial charge >= 0.3 is 0 Å². The summed E-state index contributed by atoms with van der Waals surface area (Å²) in [6, 6.07) is 119. The molecular formula is C102H56N8O4. The highest BCUT2D eigenvalue weighted by atomic mass is 16.3. The van der Waals surface area contributed by atoms with E-state index in [1.54, 1.807) is 0 Å². The summed E-state index contributed by atoms with van der Waals surface area (Å²) < 4.78 is 32.8. The van der Waals surface area contributed by atoms with Crippen molar-refractivity contribution in [3.8, 4) is 90.8 Å². The second kappa shape index (κ2) is 23.9. The second-order valence-corrected chi connectivity index (χ2v) is 29.5. The first-order valence-electron chi connectivity index (χ1n) is 38.2. The first-order valence-corrected chi connectivity index (χ1v) is 38.2. The molecule has 0 saturated heterocycles. The van der Waals surface area contributed by atoms with Crippen LogP contribution in [-0.2, 0) is 0 Å². The molecule has 0 fully saturated rings. The van der Waals surface area contributed by atoms with Crippen LogP contribution < -0.4 is 0 Å². The quantitative estimate of drug-likeness (QED) is 0.137. The molecular weight excluding hydrogens is 1400 g/mol. The summed E-state index contributed by atoms with van der Waals surface area (Å²) in [6.45, 7) is 0. The van der Waals surface area contributed by atoms with Crippen LogP contribution in [0.25, 0.3) is 255 Å². The summed E-state index contributed by atoms with van der Waals surface area (Å²) in [5.41, 5.74) is 18.4. The van der Waals surface area contributed by atoms with Crippen molar-refractivity contribution in [2.45, 2.75) is 0 Å². The van der Waals surface area contributed by atoms with Crippen molar-refractivity contribution >= 4 is 164 Å². The van der Waals surface area contributed by atoms with Crippen molar-refractivity contribution in [2.75, 3.05) is 0 Å². The average molecular weight is 1460 g/mol. The predicted molar refractivity (Wildman–Crippen MR) is 462 cm³/mol. The Morgan fingerprint density at radius 1 is 0.184 bits per heavy atom. The number of fused-ring (bicyclic) bond motifs is 21. The fourth-order valence-electron chi connectivity index (χ4n) is 18.0. The molecule has 17 aromatic carbocycles. The van der Waals surface area contributed by atoms with Crippen molar-refractivity contribution in [3.05, 3.63) is 340 Å². The van der Waals surface area contributed by atoms with E-state index in [2.05, 4.69) is 252 Å². The van der Waals surface area contributed by atoms with Crippen LogP contribution in [0.1, 0.15) is 0 Å². The smallest absolute Gasteiger partial charge is 0.164 e. The van der Waals surface area contributed by atoms with Gasteiger partial charge in [-0.1, -0.05) is 231 Å². The topological polar surface area (TPSA) is 140 Å². The van der Waals surface area contributed by atoms with Crippen LogP contribution in [0, 0.1) is 0 Å². The van der Waals surface area contributed by atoms with E-state index in [4.69, 9.17) is 47.6 Å². The van der Waals surface area contributed by atoms with Crippen LogP contribution in [0.5, 0.6) is 0 Å². The summed E-state index contributed by atoms with van der Waals surface area (Å²) in [6.07, 6.45) is 0. The van der Waals surface area contributed by atoms with Gasteiger partial charge in [0, 0.05) is 104 Å². The standard InChI is InChI=1S/C102H56N8O4/c1-2-23-58(24-3-1)97-103-99(107-101(105-97)74-36-21-43-90-92(74)72-33-13-18-41-88(72)111-90)66-52-78-69-32-12-17-40-87(69)113-95(78)85(56-66)110-81-38-20-35-70(91(81)79-50-61-27-7-9-29-63(61)54-83(79)110)71-46-47-75(93-73-34-14-19-42-89(73)114-96(71)93)102-106-98(64-45-44-57-22-4-5-25-59(57)48-64)104-100(108-102)65-51-77-68-31-11-16-39-86(68)112-94(77)84(55-65)109-80-37-15-10-30-67(80)76-49-60-26-6-8-28-62(60)53-82(76)109/h1-56H. The number of hydrogen-bond acceptors (Lipinski definition) is 10. The summed E-state index contributed by atoms with van der Waals surface area (Å²) in [7, 11) is 0. The van der Waals surface area contributed by atoms with Crippen LogP contribution in [0.3, 0.4) is 0 Å². The maximum Gasteiger partial charge on any atom is 0.164 e. The molecule has 12 heteroatoms. The maximum absolute atomic E-state index is 7.38. The lowest BCUT2D eigenvalue weighted by Crippen LogP contribution is -2.02. The molecule has 528 valence electrons. The van der Waals surface area contributed by atoms with Crippen molar-refractivity contribution in [1.82, 2.24) is 39.0 Å². The number of para-hydroxylation sites is 5. The zero-order chi connectivity index (χ0) is 74.4. The summed E-state index contributed by atoms with van der Waals surface area (Å²) in [5, 5.41) is 18.5. The highest BCUT2D eigenvalue weighted by Crippen LogP contribution is 2.50. The fraction of sp³-hybridized carbons (Fsp3) is 0. The third kappa shape index (κ3) is 9.33. The van der Waals surface area contributed by atoms with E-state index in [0.717, 1.165) is 203 Å². The first kappa shape index (κ1) is 62.3. The van der Waals surface area contributed by atoms with Crippen LogP contribution >= 0.6 is 0 Å². The lowest BCUT2D eigenvalue weighted by molar-refractivity contribution is 0.666. The van der Waals surface area contributed by atoms with Gasteiger partial charge in [-0.25, -0.2) is 29.9 Å². The normalized spacial score (nSPS) is 12.2. The summed E-state index contributed by atoms with van der Waals surface area (Å²) in [4.78, 5) is 33.1. The van der Waals surface area contributed by atoms with Gasteiger partial charge in [0.15, 0.2) is 46.1 Å². The summed E-state index contributed by atoms with van der Waals surface area (Å²) in [5.74, 6) is 3.06. The van der Waals surface area contributed by atoms with Crippen molar-refractivity contribution in [2.24, 2.45) is 0 Å². The average Bonchev–Trinajstić information content (AvgIpc) is 1.55. The van der Waals surface area contributed by atoms with Gasteiger partial charge in [-0.2, -0.15) is 0 Å². The zero-order valence-corrected chi connectivity index (χ0v) is 60.5. The Morgan fingerprint density at radius 2 is 0.605 bits per heavy atom. The van der Waals surface area contributed by atoms with E-state index in [0.29, 0.717) is 46.1 Å². The Hall–Kier alpha value is -15.7. The number of aromatic nitrogens is 8. The van der Waals surface area contributed by atoms with Gasteiger partial charge in [0.2, 0.25) is 0 Å². The lowest BCUT2D eigenvalue weighted by atomic mass is 9.94. The zero-order valence-electron chi connectivity index (χ0n) is 60.5. The molecule has 25 rings (SSSR count). The van der Waals surface area contributed by atoms with Crippen molar-refractivity contribution in [1.29, 1.82) is 0 Å². The Morgan fingerprint density at radius 3 is 1.25 bits per heavy atom. The second-order valence-electron chi connectivity index (χ2n) is 29.5. The molecule has 0 saturated carbocycles. The molecule has 25 aromatic rings. The Balaban J connectivity index is 0.726. The first-order chi connectivity index (χ1) is 56.5. The van der Waals surface area contributed by atoms with Gasteiger partial charge in [-0.3, -0.25) is 0 Å². The summed E-state index contributed by atoms with van der Waals surface area (Å²) >= 11 is 0. The molecule has 0 aliphatic heterocycles. The highest BCUT2D eigenvalue weighted by Gasteiger charge is 2.29. The molecule has 0 radical (unpaired) electrons. The molecule has 0 bridgehead atoms. The number of furan rings is 4. The third-order valence-electron chi connectivity index (χ3n) is 23.1. The van der Waals surface area contributed by atoms with E-state index in [-0.39, 0.29) is 0 Å². The van der Waals surface area contributed by atoms with Gasteiger partial charge in [-0.05, 0) is 147 Å². The molecule has 0 unspecified atom stereocenters. The third-order valence-corrected chi connectivity index (χ3v) is 23.1. The molecule has 0 aliphatic carbocycles. The molecule has 0 amide bonds. The molecule has 12 nitrogen and oxygen atoms in total. The minimum absolute atomic E-state index is 0.484. The molecule has 8 aromatic heterocycles. The molecule has 8 heterocycles. The van der Waals surface area contributed by atoms with E-state index in [1.165, 1.54) is 5.39 Å². The monoisotopic (exact) mass is 1460 g/mol. The van der Waals surface area contributed by atoms with Gasteiger partial charge in [-0.15, -0.1) is 0 Å². The molecule has 0 atom stereocenters. The van der Waals surface area contributed by atoms with E-state index >= 15 is 0 Å². The maximum atomic E-state index is 7.38. The van der Waals surface area contributed by atoms with E-state index in [9.17, 15) is 0 Å². The van der Waals surface area contributed by atoms with Gasteiger partial charge in [0.05, 0.1) is 33.4 Å². The van der Waals surface area contributed by atoms with Crippen molar-refractivity contribution < 1.29 is 17.7 Å². The van der Waals surface area contributed by atoms with Gasteiger partial charge in [0.1, 0.15) is 33.5 Å². The van der Waals surface area contributed by atoms with Crippen LogP contribution in [0.15, 0.2) is 357 Å².